The van der Waals surface area contributed by atoms with Gasteiger partial charge in [-0.15, -0.1) is 0 Å². The summed E-state index contributed by atoms with van der Waals surface area (Å²) in [7, 11) is 0. The number of anilines is 1. The number of nitrogens with zero attached hydrogens (tertiary/aromatic N) is 1. The molecule has 4 rings (SSSR count). The molecule has 0 saturated carbocycles. The van der Waals surface area contributed by atoms with Crippen LogP contribution in [0.25, 0.3) is 5.76 Å². The number of hydrogen-bond donors (Lipinski definition) is 1. The van der Waals surface area contributed by atoms with Gasteiger partial charge in [-0.1, -0.05) is 55.5 Å². The summed E-state index contributed by atoms with van der Waals surface area (Å²) in [6, 6.07) is 21.4. The van der Waals surface area contributed by atoms with Crippen LogP contribution in [0.3, 0.4) is 0 Å². The van der Waals surface area contributed by atoms with Gasteiger partial charge >= 0.3 is 0 Å². The van der Waals surface area contributed by atoms with Crippen molar-refractivity contribution in [3.8, 4) is 5.75 Å². The number of ketones is 1. The van der Waals surface area contributed by atoms with Crippen LogP contribution in [-0.2, 0) is 16.0 Å². The van der Waals surface area contributed by atoms with Crippen LogP contribution in [-0.4, -0.2) is 23.4 Å². The zero-order chi connectivity index (χ0) is 23.5. The fourth-order valence-corrected chi connectivity index (χ4v) is 4.16. The number of aliphatic hydroxyl groups excluding tert-OH is 1. The molecular weight excluding hydrogens is 414 g/mol. The Hall–Kier alpha value is -3.86. The Bertz CT molecular complexity index is 1210. The van der Waals surface area contributed by atoms with Gasteiger partial charge in [0.1, 0.15) is 11.5 Å². The molecule has 1 N–H and O–H groups in total. The summed E-state index contributed by atoms with van der Waals surface area (Å²) < 4.78 is 5.55. The smallest absolute Gasteiger partial charge is 0.300 e. The van der Waals surface area contributed by atoms with E-state index in [1.54, 1.807) is 18.2 Å². The third kappa shape index (κ3) is 4.27. The Morgan fingerprint density at radius 1 is 0.970 bits per heavy atom. The van der Waals surface area contributed by atoms with E-state index in [4.69, 9.17) is 4.74 Å². The molecule has 1 heterocycles. The molecule has 0 radical (unpaired) electrons. The summed E-state index contributed by atoms with van der Waals surface area (Å²) in [4.78, 5) is 27.9. The van der Waals surface area contributed by atoms with Crippen molar-refractivity contribution in [3.63, 3.8) is 0 Å². The molecule has 1 amide bonds. The second-order valence-corrected chi connectivity index (χ2v) is 8.06. The average molecular weight is 442 g/mol. The molecule has 1 saturated heterocycles. The van der Waals surface area contributed by atoms with Crippen molar-refractivity contribution < 1.29 is 19.4 Å². The van der Waals surface area contributed by atoms with Gasteiger partial charge in [0.25, 0.3) is 11.7 Å². The molecule has 168 valence electrons. The van der Waals surface area contributed by atoms with Gasteiger partial charge in [-0.25, -0.2) is 0 Å². The van der Waals surface area contributed by atoms with Crippen molar-refractivity contribution in [1.82, 2.24) is 0 Å². The van der Waals surface area contributed by atoms with E-state index in [9.17, 15) is 14.7 Å². The SMILES string of the molecule is CCOc1ccc(C2/C(=C(\O)c3ccc(CC)cc3)C(=O)C(=O)N2c2cccc(C)c2)cc1. The minimum Gasteiger partial charge on any atom is -0.507 e. The highest BCUT2D eigenvalue weighted by Gasteiger charge is 2.47. The molecule has 0 spiro atoms. The maximum Gasteiger partial charge on any atom is 0.300 e. The average Bonchev–Trinajstić information content (AvgIpc) is 3.10. The Kier molecular flexibility index (Phi) is 6.31. The Labute approximate surface area is 193 Å². The van der Waals surface area contributed by atoms with Crippen molar-refractivity contribution >= 4 is 23.1 Å². The molecule has 1 unspecified atom stereocenters. The van der Waals surface area contributed by atoms with Gasteiger partial charge in [0.2, 0.25) is 0 Å². The topological polar surface area (TPSA) is 66.8 Å². The second kappa shape index (κ2) is 9.33. The number of hydrogen-bond acceptors (Lipinski definition) is 4. The Morgan fingerprint density at radius 3 is 2.27 bits per heavy atom. The summed E-state index contributed by atoms with van der Waals surface area (Å²) in [5, 5.41) is 11.2. The predicted octanol–water partition coefficient (Wildman–Crippen LogP) is 5.58. The monoisotopic (exact) mass is 441 g/mol. The minimum atomic E-state index is -0.756. The van der Waals surface area contributed by atoms with Crippen molar-refractivity contribution in [3.05, 3.63) is 101 Å². The van der Waals surface area contributed by atoms with Crippen molar-refractivity contribution in [1.29, 1.82) is 0 Å². The maximum atomic E-state index is 13.2. The van der Waals surface area contributed by atoms with Gasteiger partial charge in [-0.05, 0) is 61.2 Å². The molecule has 5 nitrogen and oxygen atoms in total. The van der Waals surface area contributed by atoms with Gasteiger partial charge in [0.15, 0.2) is 0 Å². The van der Waals surface area contributed by atoms with E-state index in [0.29, 0.717) is 29.2 Å². The van der Waals surface area contributed by atoms with Crippen LogP contribution < -0.4 is 9.64 Å². The number of benzene rings is 3. The Balaban J connectivity index is 1.89. The lowest BCUT2D eigenvalue weighted by molar-refractivity contribution is -0.132. The number of aliphatic hydroxyl groups is 1. The molecule has 1 aliphatic rings. The summed E-state index contributed by atoms with van der Waals surface area (Å²) in [5.74, 6) is -0.840. The highest BCUT2D eigenvalue weighted by atomic mass is 16.5. The van der Waals surface area contributed by atoms with Crippen molar-refractivity contribution in [2.45, 2.75) is 33.2 Å². The van der Waals surface area contributed by atoms with Crippen molar-refractivity contribution in [2.75, 3.05) is 11.5 Å². The van der Waals surface area contributed by atoms with Crippen molar-refractivity contribution in [2.24, 2.45) is 0 Å². The number of Topliss-reactive ketones (excluding diaryl/α,β-unsaturated/α-hetero) is 1. The maximum absolute atomic E-state index is 13.2. The first-order valence-corrected chi connectivity index (χ1v) is 11.1. The highest BCUT2D eigenvalue weighted by Crippen LogP contribution is 2.42. The van der Waals surface area contributed by atoms with E-state index in [2.05, 4.69) is 0 Å². The number of rotatable bonds is 6. The molecule has 3 aromatic rings. The van der Waals surface area contributed by atoms with Gasteiger partial charge < -0.3 is 9.84 Å². The fraction of sp³-hybridized carbons (Fsp3) is 0.214. The lowest BCUT2D eigenvalue weighted by atomic mass is 9.94. The lowest BCUT2D eigenvalue weighted by Gasteiger charge is -2.26. The molecule has 0 aliphatic carbocycles. The minimum absolute atomic E-state index is 0.0786. The standard InChI is InChI=1S/C28H27NO4/c1-4-19-9-11-21(12-10-19)26(30)24-25(20-13-15-23(16-14-20)33-5-2)29(28(32)27(24)31)22-8-6-7-18(3)17-22/h6-17,25,30H,4-5H2,1-3H3/b26-24+. The first-order chi connectivity index (χ1) is 15.9. The molecule has 3 aromatic carbocycles. The van der Waals surface area contributed by atoms with Crippen LogP contribution in [0.15, 0.2) is 78.4 Å². The third-order valence-corrected chi connectivity index (χ3v) is 5.87. The number of carbonyl (C=O) groups is 2. The van der Waals surface area contributed by atoms with Gasteiger partial charge in [-0.3, -0.25) is 14.5 Å². The molecule has 1 atom stereocenters. The van der Waals surface area contributed by atoms with E-state index < -0.39 is 17.7 Å². The number of amides is 1. The molecule has 5 heteroatoms. The summed E-state index contributed by atoms with van der Waals surface area (Å²) >= 11 is 0. The van der Waals surface area contributed by atoms with Gasteiger partial charge in [0, 0.05) is 11.3 Å². The number of carbonyl (C=O) groups excluding carboxylic acids is 2. The van der Waals surface area contributed by atoms with Crippen LogP contribution in [0.1, 0.15) is 42.1 Å². The number of aryl methyl sites for hydroxylation is 2. The Morgan fingerprint density at radius 2 is 1.67 bits per heavy atom. The zero-order valence-corrected chi connectivity index (χ0v) is 19.0. The van der Waals surface area contributed by atoms with Crippen LogP contribution in [0.2, 0.25) is 0 Å². The molecule has 0 aromatic heterocycles. The predicted molar refractivity (Wildman–Crippen MR) is 129 cm³/mol. The van der Waals surface area contributed by atoms with Gasteiger partial charge in [0.05, 0.1) is 18.2 Å². The van der Waals surface area contributed by atoms with Crippen LogP contribution >= 0.6 is 0 Å². The van der Waals surface area contributed by atoms with E-state index in [-0.39, 0.29) is 11.3 Å². The zero-order valence-electron chi connectivity index (χ0n) is 19.0. The quantitative estimate of drug-likeness (QED) is 0.308. The highest BCUT2D eigenvalue weighted by molar-refractivity contribution is 6.51. The number of ether oxygens (including phenoxy) is 1. The normalized spacial score (nSPS) is 17.4. The molecule has 1 aliphatic heterocycles. The molecule has 0 bridgehead atoms. The lowest BCUT2D eigenvalue weighted by Crippen LogP contribution is -2.29. The first kappa shape index (κ1) is 22.3. The summed E-state index contributed by atoms with van der Waals surface area (Å²) in [6.45, 7) is 6.43. The second-order valence-electron chi connectivity index (χ2n) is 8.06. The third-order valence-electron chi connectivity index (χ3n) is 5.87. The first-order valence-electron chi connectivity index (χ1n) is 11.1. The van der Waals surface area contributed by atoms with Crippen LogP contribution in [0.5, 0.6) is 5.75 Å². The van der Waals surface area contributed by atoms with E-state index in [1.165, 1.54) is 4.90 Å². The van der Waals surface area contributed by atoms with Gasteiger partial charge in [-0.2, -0.15) is 0 Å². The molecule has 1 fully saturated rings. The summed E-state index contributed by atoms with van der Waals surface area (Å²) in [5.41, 5.74) is 3.99. The molecule has 33 heavy (non-hydrogen) atoms. The fourth-order valence-electron chi connectivity index (χ4n) is 4.16. The van der Waals surface area contributed by atoms with Crippen LogP contribution in [0, 0.1) is 6.92 Å². The largest absolute Gasteiger partial charge is 0.507 e. The van der Waals surface area contributed by atoms with E-state index in [0.717, 1.165) is 17.5 Å². The van der Waals surface area contributed by atoms with E-state index >= 15 is 0 Å². The van der Waals surface area contributed by atoms with E-state index in [1.807, 2.05) is 75.4 Å². The van der Waals surface area contributed by atoms with Crippen LogP contribution in [0.4, 0.5) is 5.69 Å². The summed E-state index contributed by atoms with van der Waals surface area (Å²) in [6.07, 6.45) is 0.866. The molecular formula is C28H27NO4.